The molecule has 0 aliphatic carbocycles. The highest BCUT2D eigenvalue weighted by atomic mass is 16.5. The van der Waals surface area contributed by atoms with Crippen LogP contribution in [0.2, 0.25) is 0 Å². The van der Waals surface area contributed by atoms with Crippen LogP contribution in [0, 0.1) is 0 Å². The van der Waals surface area contributed by atoms with E-state index >= 15 is 0 Å². The smallest absolute Gasteiger partial charge is 0.356 e. The molecule has 88 valence electrons. The largest absolute Gasteiger partial charge is 0.508 e. The average Bonchev–Trinajstić information content (AvgIpc) is 2.36. The van der Waals surface area contributed by atoms with E-state index in [-0.39, 0.29) is 5.75 Å². The quantitative estimate of drug-likeness (QED) is 0.805. The number of rotatable bonds is 2. The Labute approximate surface area is 98.9 Å². The standard InChI is InChI=1S/C13H13NO3/c1-3-11-10-7-9(15)5-4-8(10)6-12(14-11)13(16)17-2/h4-7,15H,3H2,1-2H3. The molecule has 0 bridgehead atoms. The van der Waals surface area contributed by atoms with Gasteiger partial charge in [-0.25, -0.2) is 9.78 Å². The van der Waals surface area contributed by atoms with E-state index in [1.165, 1.54) is 7.11 Å². The minimum absolute atomic E-state index is 0.194. The van der Waals surface area contributed by atoms with Crippen molar-refractivity contribution in [3.63, 3.8) is 0 Å². The maximum atomic E-state index is 11.5. The highest BCUT2D eigenvalue weighted by Crippen LogP contribution is 2.23. The van der Waals surface area contributed by atoms with Gasteiger partial charge in [0.05, 0.1) is 7.11 Å². The minimum atomic E-state index is -0.449. The van der Waals surface area contributed by atoms with Gasteiger partial charge in [0.2, 0.25) is 0 Å². The molecule has 0 saturated carbocycles. The summed E-state index contributed by atoms with van der Waals surface area (Å²) in [5.41, 5.74) is 1.07. The lowest BCUT2D eigenvalue weighted by atomic mass is 10.1. The summed E-state index contributed by atoms with van der Waals surface area (Å²) < 4.78 is 4.66. The molecular weight excluding hydrogens is 218 g/mol. The van der Waals surface area contributed by atoms with Crippen LogP contribution >= 0.6 is 0 Å². The number of carbonyl (C=O) groups is 1. The molecule has 0 fully saturated rings. The van der Waals surface area contributed by atoms with E-state index in [2.05, 4.69) is 9.72 Å². The van der Waals surface area contributed by atoms with Gasteiger partial charge < -0.3 is 9.84 Å². The fraction of sp³-hybridized carbons (Fsp3) is 0.231. The number of aromatic nitrogens is 1. The van der Waals surface area contributed by atoms with E-state index in [1.807, 2.05) is 6.92 Å². The number of fused-ring (bicyclic) bond motifs is 1. The molecule has 1 N–H and O–H groups in total. The second-order valence-electron chi connectivity index (χ2n) is 3.70. The van der Waals surface area contributed by atoms with E-state index < -0.39 is 5.97 Å². The lowest BCUT2D eigenvalue weighted by Crippen LogP contribution is -2.06. The summed E-state index contributed by atoms with van der Waals surface area (Å²) in [6.07, 6.45) is 0.685. The summed E-state index contributed by atoms with van der Waals surface area (Å²) >= 11 is 0. The Bertz CT molecular complexity index is 578. The van der Waals surface area contributed by atoms with Crippen LogP contribution in [-0.2, 0) is 11.2 Å². The SMILES string of the molecule is CCc1nc(C(=O)OC)cc2ccc(O)cc12. The molecule has 0 amide bonds. The molecule has 4 heteroatoms. The summed E-state index contributed by atoms with van der Waals surface area (Å²) in [5, 5.41) is 11.2. The zero-order valence-corrected chi connectivity index (χ0v) is 9.73. The molecule has 0 unspecified atom stereocenters. The Kier molecular flexibility index (Phi) is 2.95. The number of methoxy groups -OCH3 is 1. The number of nitrogens with zero attached hydrogens (tertiary/aromatic N) is 1. The van der Waals surface area contributed by atoms with Crippen LogP contribution in [0.25, 0.3) is 10.8 Å². The summed E-state index contributed by atoms with van der Waals surface area (Å²) in [4.78, 5) is 15.7. The van der Waals surface area contributed by atoms with Crippen molar-refractivity contribution in [3.05, 3.63) is 35.7 Å². The van der Waals surface area contributed by atoms with Crippen LogP contribution in [0.4, 0.5) is 0 Å². The molecule has 0 aliphatic rings. The monoisotopic (exact) mass is 231 g/mol. The first-order valence-electron chi connectivity index (χ1n) is 5.36. The Morgan fingerprint density at radius 2 is 2.18 bits per heavy atom. The third kappa shape index (κ3) is 2.06. The molecule has 17 heavy (non-hydrogen) atoms. The Morgan fingerprint density at radius 1 is 1.41 bits per heavy atom. The molecule has 0 saturated heterocycles. The predicted molar refractivity (Wildman–Crippen MR) is 64.1 cm³/mol. The molecule has 0 radical (unpaired) electrons. The van der Waals surface area contributed by atoms with Crippen LogP contribution in [-0.4, -0.2) is 23.2 Å². The van der Waals surface area contributed by atoms with E-state index in [1.54, 1.807) is 24.3 Å². The molecule has 1 heterocycles. The van der Waals surface area contributed by atoms with Gasteiger partial charge >= 0.3 is 5.97 Å². The van der Waals surface area contributed by atoms with Crippen molar-refractivity contribution in [2.75, 3.05) is 7.11 Å². The number of carbonyl (C=O) groups excluding carboxylic acids is 1. The third-order valence-electron chi connectivity index (χ3n) is 2.62. The first kappa shape index (κ1) is 11.4. The van der Waals surface area contributed by atoms with Crippen molar-refractivity contribution < 1.29 is 14.6 Å². The molecular formula is C13H13NO3. The number of hydrogen-bond donors (Lipinski definition) is 1. The maximum absolute atomic E-state index is 11.5. The Balaban J connectivity index is 2.70. The predicted octanol–water partition coefficient (Wildman–Crippen LogP) is 2.29. The molecule has 4 nitrogen and oxygen atoms in total. The number of aryl methyl sites for hydroxylation is 1. The van der Waals surface area contributed by atoms with Crippen LogP contribution in [0.1, 0.15) is 23.1 Å². The number of benzene rings is 1. The number of hydrogen-bond acceptors (Lipinski definition) is 4. The van der Waals surface area contributed by atoms with Gasteiger partial charge in [0.1, 0.15) is 11.4 Å². The van der Waals surface area contributed by atoms with Crippen LogP contribution in [0.15, 0.2) is 24.3 Å². The number of phenolic OH excluding ortho intramolecular Hbond substituents is 1. The third-order valence-corrected chi connectivity index (χ3v) is 2.62. The van der Waals surface area contributed by atoms with Gasteiger partial charge in [0.15, 0.2) is 0 Å². The van der Waals surface area contributed by atoms with Crippen LogP contribution in [0.3, 0.4) is 0 Å². The van der Waals surface area contributed by atoms with Crippen molar-refractivity contribution in [3.8, 4) is 5.75 Å². The van der Waals surface area contributed by atoms with E-state index in [0.717, 1.165) is 16.5 Å². The zero-order valence-electron chi connectivity index (χ0n) is 9.73. The molecule has 2 aromatic rings. The van der Waals surface area contributed by atoms with Crippen molar-refractivity contribution in [1.82, 2.24) is 4.98 Å². The van der Waals surface area contributed by atoms with E-state index in [0.29, 0.717) is 12.1 Å². The summed E-state index contributed by atoms with van der Waals surface area (Å²) in [7, 11) is 1.33. The topological polar surface area (TPSA) is 59.4 Å². The number of pyridine rings is 1. The van der Waals surface area contributed by atoms with Crippen molar-refractivity contribution in [1.29, 1.82) is 0 Å². The molecule has 0 spiro atoms. The van der Waals surface area contributed by atoms with Crippen molar-refractivity contribution in [2.24, 2.45) is 0 Å². The minimum Gasteiger partial charge on any atom is -0.508 e. The molecule has 0 atom stereocenters. The summed E-state index contributed by atoms with van der Waals surface area (Å²) in [5.74, 6) is -0.255. The summed E-state index contributed by atoms with van der Waals surface area (Å²) in [6.45, 7) is 1.95. The lowest BCUT2D eigenvalue weighted by molar-refractivity contribution is 0.0594. The number of ether oxygens (including phenoxy) is 1. The molecule has 0 aliphatic heterocycles. The maximum Gasteiger partial charge on any atom is 0.356 e. The highest BCUT2D eigenvalue weighted by molar-refractivity contribution is 5.94. The second-order valence-corrected chi connectivity index (χ2v) is 3.70. The van der Waals surface area contributed by atoms with Crippen LogP contribution < -0.4 is 0 Å². The fourth-order valence-corrected chi connectivity index (χ4v) is 1.78. The Hall–Kier alpha value is -2.10. The van der Waals surface area contributed by atoms with Gasteiger partial charge in [-0.2, -0.15) is 0 Å². The van der Waals surface area contributed by atoms with Gasteiger partial charge in [-0.3, -0.25) is 0 Å². The second kappa shape index (κ2) is 4.41. The first-order valence-corrected chi connectivity index (χ1v) is 5.36. The van der Waals surface area contributed by atoms with Gasteiger partial charge in [0.25, 0.3) is 0 Å². The molecule has 1 aromatic heterocycles. The van der Waals surface area contributed by atoms with Crippen molar-refractivity contribution in [2.45, 2.75) is 13.3 Å². The number of esters is 1. The first-order chi connectivity index (χ1) is 8.15. The lowest BCUT2D eigenvalue weighted by Gasteiger charge is -2.07. The fourth-order valence-electron chi connectivity index (χ4n) is 1.78. The molecule has 2 rings (SSSR count). The number of phenols is 1. The normalized spacial score (nSPS) is 10.5. The van der Waals surface area contributed by atoms with Gasteiger partial charge in [-0.1, -0.05) is 13.0 Å². The average molecular weight is 231 g/mol. The van der Waals surface area contributed by atoms with Gasteiger partial charge in [0, 0.05) is 11.1 Å². The van der Waals surface area contributed by atoms with Gasteiger partial charge in [-0.15, -0.1) is 0 Å². The van der Waals surface area contributed by atoms with Gasteiger partial charge in [-0.05, 0) is 30.0 Å². The highest BCUT2D eigenvalue weighted by Gasteiger charge is 2.11. The molecule has 1 aromatic carbocycles. The van der Waals surface area contributed by atoms with E-state index in [4.69, 9.17) is 0 Å². The zero-order chi connectivity index (χ0) is 12.4. The summed E-state index contributed by atoms with van der Waals surface area (Å²) in [6, 6.07) is 6.67. The van der Waals surface area contributed by atoms with Crippen LogP contribution in [0.5, 0.6) is 5.75 Å². The van der Waals surface area contributed by atoms with Crippen molar-refractivity contribution >= 4 is 16.7 Å². The number of aromatic hydroxyl groups is 1. The Morgan fingerprint density at radius 3 is 2.82 bits per heavy atom. The van der Waals surface area contributed by atoms with E-state index in [9.17, 15) is 9.90 Å².